The number of nitrogens with zero attached hydrogens (tertiary/aromatic N) is 1. The van der Waals surface area contributed by atoms with Crippen molar-refractivity contribution in [2.75, 3.05) is 13.2 Å². The van der Waals surface area contributed by atoms with Crippen molar-refractivity contribution in [3.8, 4) is 0 Å². The van der Waals surface area contributed by atoms with Crippen LogP contribution in [-0.2, 0) is 14.4 Å². The summed E-state index contributed by atoms with van der Waals surface area (Å²) in [5, 5.41) is 1.77. The fraction of sp³-hybridized carbons (Fsp3) is 0.700. The van der Waals surface area contributed by atoms with Gasteiger partial charge in [0.05, 0.1) is 18.2 Å². The highest BCUT2D eigenvalue weighted by atomic mass is 16.7. The van der Waals surface area contributed by atoms with E-state index < -0.39 is 0 Å². The number of esters is 1. The van der Waals surface area contributed by atoms with Gasteiger partial charge in [-0.1, -0.05) is 0 Å². The minimum Gasteiger partial charge on any atom is -0.462 e. The van der Waals surface area contributed by atoms with E-state index in [9.17, 15) is 4.79 Å². The predicted molar refractivity (Wildman–Crippen MR) is 52.3 cm³/mol. The summed E-state index contributed by atoms with van der Waals surface area (Å²) < 4.78 is 4.96. The van der Waals surface area contributed by atoms with Crippen molar-refractivity contribution in [2.45, 2.75) is 33.7 Å². The number of carbonyl (C=O) groups is 1. The molecule has 0 bridgehead atoms. The zero-order valence-electron chi connectivity index (χ0n) is 9.16. The smallest absolute Gasteiger partial charge is 0.339 e. The molecule has 0 amide bonds. The Morgan fingerprint density at radius 1 is 1.57 bits per heavy atom. The van der Waals surface area contributed by atoms with Crippen molar-refractivity contribution >= 4 is 5.97 Å². The number of hydrogen-bond acceptors (Lipinski definition) is 4. The first-order valence-corrected chi connectivity index (χ1v) is 4.94. The molecule has 0 fully saturated rings. The molecule has 4 heteroatoms. The monoisotopic (exact) mass is 199 g/mol. The van der Waals surface area contributed by atoms with E-state index in [4.69, 9.17) is 9.57 Å². The van der Waals surface area contributed by atoms with Gasteiger partial charge in [-0.3, -0.25) is 0 Å². The third-order valence-corrected chi connectivity index (χ3v) is 2.29. The Balaban J connectivity index is 2.77. The normalized spacial score (nSPS) is 22.4. The van der Waals surface area contributed by atoms with Crippen LogP contribution in [0.4, 0.5) is 0 Å². The van der Waals surface area contributed by atoms with Crippen LogP contribution in [0, 0.1) is 0 Å². The van der Waals surface area contributed by atoms with E-state index in [0.29, 0.717) is 17.9 Å². The summed E-state index contributed by atoms with van der Waals surface area (Å²) in [5.74, 6) is 0.381. The Morgan fingerprint density at radius 3 is 2.64 bits per heavy atom. The Hall–Kier alpha value is -1.03. The van der Waals surface area contributed by atoms with Crippen LogP contribution < -0.4 is 0 Å². The lowest BCUT2D eigenvalue weighted by Crippen LogP contribution is -2.30. The molecule has 1 heterocycles. The van der Waals surface area contributed by atoms with Gasteiger partial charge in [-0.05, 0) is 27.7 Å². The van der Waals surface area contributed by atoms with Crippen LogP contribution >= 0.6 is 0 Å². The predicted octanol–water partition coefficient (Wildman–Crippen LogP) is 1.48. The maximum Gasteiger partial charge on any atom is 0.339 e. The summed E-state index contributed by atoms with van der Waals surface area (Å²) in [6.45, 7) is 8.66. The summed E-state index contributed by atoms with van der Waals surface area (Å²) in [5.41, 5.74) is 0.633. The highest BCUT2D eigenvalue weighted by Gasteiger charge is 2.33. The summed E-state index contributed by atoms with van der Waals surface area (Å²) in [7, 11) is 0. The summed E-state index contributed by atoms with van der Waals surface area (Å²) in [4.78, 5) is 17.0. The van der Waals surface area contributed by atoms with Gasteiger partial charge in [-0.25, -0.2) is 4.79 Å². The van der Waals surface area contributed by atoms with Crippen LogP contribution in [0.1, 0.15) is 27.7 Å². The van der Waals surface area contributed by atoms with E-state index in [0.717, 1.165) is 6.54 Å². The number of allylic oxidation sites excluding steroid dienone is 1. The fourth-order valence-corrected chi connectivity index (χ4v) is 1.60. The fourth-order valence-electron chi connectivity index (χ4n) is 1.60. The molecule has 1 atom stereocenters. The minimum atomic E-state index is -0.270. The first-order chi connectivity index (χ1) is 6.61. The van der Waals surface area contributed by atoms with Crippen LogP contribution in [0.15, 0.2) is 11.3 Å². The summed E-state index contributed by atoms with van der Waals surface area (Å²) in [6, 6.07) is -0.0148. The molecule has 0 spiro atoms. The molecule has 0 aromatic heterocycles. The number of hydroxylamine groups is 2. The van der Waals surface area contributed by atoms with Gasteiger partial charge in [-0.2, -0.15) is 0 Å². The number of ether oxygens (including phenoxy) is 1. The average Bonchev–Trinajstić information content (AvgIpc) is 2.41. The van der Waals surface area contributed by atoms with Gasteiger partial charge in [0.25, 0.3) is 0 Å². The standard InChI is InChI=1S/C10H17NO3/c1-5-11-7(3)9(8(4)14-11)10(12)13-6-2/h7H,5-6H2,1-4H3. The maximum atomic E-state index is 11.5. The van der Waals surface area contributed by atoms with Crippen molar-refractivity contribution in [2.24, 2.45) is 0 Å². The average molecular weight is 199 g/mol. The second-order valence-electron chi connectivity index (χ2n) is 3.19. The van der Waals surface area contributed by atoms with E-state index in [2.05, 4.69) is 0 Å². The molecule has 0 radical (unpaired) electrons. The van der Waals surface area contributed by atoms with Gasteiger partial charge >= 0.3 is 5.97 Å². The molecule has 0 N–H and O–H groups in total. The van der Waals surface area contributed by atoms with E-state index >= 15 is 0 Å². The van der Waals surface area contributed by atoms with E-state index in [1.807, 2.05) is 13.8 Å². The number of likely N-dealkylation sites (N-methyl/N-ethyl adjacent to an activating group) is 1. The van der Waals surface area contributed by atoms with Crippen LogP contribution in [-0.4, -0.2) is 30.2 Å². The van der Waals surface area contributed by atoms with Crippen molar-refractivity contribution < 1.29 is 14.4 Å². The van der Waals surface area contributed by atoms with E-state index in [1.165, 1.54) is 0 Å². The minimum absolute atomic E-state index is 0.0148. The molecule has 0 saturated heterocycles. The van der Waals surface area contributed by atoms with Crippen LogP contribution in [0.5, 0.6) is 0 Å². The molecule has 4 nitrogen and oxygen atoms in total. The van der Waals surface area contributed by atoms with Crippen molar-refractivity contribution in [1.82, 2.24) is 5.06 Å². The van der Waals surface area contributed by atoms with Crippen LogP contribution in [0.2, 0.25) is 0 Å². The third-order valence-electron chi connectivity index (χ3n) is 2.29. The van der Waals surface area contributed by atoms with Gasteiger partial charge in [0, 0.05) is 6.54 Å². The maximum absolute atomic E-state index is 11.5. The molecule has 1 aliphatic heterocycles. The Bertz CT molecular complexity index is 260. The van der Waals surface area contributed by atoms with Gasteiger partial charge in [0.1, 0.15) is 5.76 Å². The van der Waals surface area contributed by atoms with Gasteiger partial charge in [0.2, 0.25) is 0 Å². The van der Waals surface area contributed by atoms with Gasteiger partial charge < -0.3 is 9.57 Å². The molecule has 14 heavy (non-hydrogen) atoms. The third kappa shape index (κ3) is 1.90. The molecule has 0 saturated carbocycles. The molecular weight excluding hydrogens is 182 g/mol. The molecule has 1 rings (SSSR count). The topological polar surface area (TPSA) is 38.8 Å². The van der Waals surface area contributed by atoms with Crippen molar-refractivity contribution in [3.05, 3.63) is 11.3 Å². The van der Waals surface area contributed by atoms with E-state index in [1.54, 1.807) is 18.9 Å². The van der Waals surface area contributed by atoms with Gasteiger partial charge in [-0.15, -0.1) is 5.06 Å². The summed E-state index contributed by atoms with van der Waals surface area (Å²) in [6.07, 6.45) is 0. The van der Waals surface area contributed by atoms with Gasteiger partial charge in [0.15, 0.2) is 0 Å². The number of hydrogen-bond donors (Lipinski definition) is 0. The molecule has 0 aliphatic carbocycles. The van der Waals surface area contributed by atoms with E-state index in [-0.39, 0.29) is 12.0 Å². The zero-order chi connectivity index (χ0) is 10.7. The highest BCUT2D eigenvalue weighted by molar-refractivity contribution is 5.90. The molecule has 80 valence electrons. The Kier molecular flexibility index (Phi) is 3.52. The first-order valence-electron chi connectivity index (χ1n) is 4.94. The SMILES string of the molecule is CCOC(=O)C1=C(C)ON(CC)C1C. The molecule has 1 unspecified atom stereocenters. The Morgan fingerprint density at radius 2 is 2.21 bits per heavy atom. The highest BCUT2D eigenvalue weighted by Crippen LogP contribution is 2.26. The van der Waals surface area contributed by atoms with Crippen molar-refractivity contribution in [3.63, 3.8) is 0 Å². The molecule has 0 aromatic carbocycles. The largest absolute Gasteiger partial charge is 0.462 e. The van der Waals surface area contributed by atoms with Crippen molar-refractivity contribution in [1.29, 1.82) is 0 Å². The lowest BCUT2D eigenvalue weighted by molar-refractivity contribution is -0.139. The molecule has 1 aliphatic rings. The number of carbonyl (C=O) groups excluding carboxylic acids is 1. The molecular formula is C10H17NO3. The second-order valence-corrected chi connectivity index (χ2v) is 3.19. The number of rotatable bonds is 3. The Labute approximate surface area is 84.4 Å². The quantitative estimate of drug-likeness (QED) is 0.645. The lowest BCUT2D eigenvalue weighted by Gasteiger charge is -2.18. The molecule has 0 aromatic rings. The summed E-state index contributed by atoms with van der Waals surface area (Å²) >= 11 is 0. The van der Waals surface area contributed by atoms with Crippen LogP contribution in [0.3, 0.4) is 0 Å². The zero-order valence-corrected chi connectivity index (χ0v) is 9.16. The van der Waals surface area contributed by atoms with Crippen LogP contribution in [0.25, 0.3) is 0 Å². The first kappa shape index (κ1) is 11.0. The lowest BCUT2D eigenvalue weighted by atomic mass is 10.1. The second kappa shape index (κ2) is 4.46.